The van der Waals surface area contributed by atoms with Gasteiger partial charge in [-0.2, -0.15) is 0 Å². The van der Waals surface area contributed by atoms with E-state index in [0.29, 0.717) is 6.42 Å². The van der Waals surface area contributed by atoms with Gasteiger partial charge in [-0.1, -0.05) is 6.42 Å². The van der Waals surface area contributed by atoms with Crippen molar-refractivity contribution in [2.75, 3.05) is 0 Å². The molecule has 0 radical (unpaired) electrons. The highest BCUT2D eigenvalue weighted by molar-refractivity contribution is 5.48. The SMILES string of the molecule is C[C@@H](O)CCCCC=O. The molecule has 0 rings (SSSR count). The van der Waals surface area contributed by atoms with Crippen molar-refractivity contribution in [3.63, 3.8) is 0 Å². The van der Waals surface area contributed by atoms with Crippen molar-refractivity contribution in [2.45, 2.75) is 38.7 Å². The van der Waals surface area contributed by atoms with E-state index in [0.717, 1.165) is 25.5 Å². The lowest BCUT2D eigenvalue weighted by molar-refractivity contribution is -0.107. The summed E-state index contributed by atoms with van der Waals surface area (Å²) in [6.45, 7) is 1.76. The molecule has 0 aromatic rings. The van der Waals surface area contributed by atoms with Gasteiger partial charge < -0.3 is 9.90 Å². The highest BCUT2D eigenvalue weighted by atomic mass is 16.3. The molecule has 0 aromatic carbocycles. The molecular weight excluding hydrogens is 116 g/mol. The van der Waals surface area contributed by atoms with Crippen molar-refractivity contribution in [3.8, 4) is 0 Å². The van der Waals surface area contributed by atoms with Crippen LogP contribution in [0.2, 0.25) is 0 Å². The zero-order valence-electron chi connectivity index (χ0n) is 5.84. The fourth-order valence-electron chi connectivity index (χ4n) is 0.667. The lowest BCUT2D eigenvalue weighted by atomic mass is 10.1. The molecule has 2 nitrogen and oxygen atoms in total. The molecule has 1 N–H and O–H groups in total. The molecular formula is C7H14O2. The van der Waals surface area contributed by atoms with E-state index in [1.54, 1.807) is 6.92 Å². The predicted molar refractivity (Wildman–Crippen MR) is 36.2 cm³/mol. The third-order valence-electron chi connectivity index (χ3n) is 1.19. The third-order valence-corrected chi connectivity index (χ3v) is 1.19. The summed E-state index contributed by atoms with van der Waals surface area (Å²) >= 11 is 0. The highest BCUT2D eigenvalue weighted by Crippen LogP contribution is 2.00. The molecule has 0 saturated carbocycles. The summed E-state index contributed by atoms with van der Waals surface area (Å²) in [5.41, 5.74) is 0. The number of aliphatic hydroxyl groups is 1. The van der Waals surface area contributed by atoms with Crippen LogP contribution >= 0.6 is 0 Å². The molecule has 0 unspecified atom stereocenters. The van der Waals surface area contributed by atoms with Gasteiger partial charge in [-0.15, -0.1) is 0 Å². The zero-order chi connectivity index (χ0) is 7.11. The number of rotatable bonds is 5. The van der Waals surface area contributed by atoms with Gasteiger partial charge in [-0.05, 0) is 19.8 Å². The average Bonchev–Trinajstić information content (AvgIpc) is 1.80. The number of hydrogen-bond acceptors (Lipinski definition) is 2. The molecule has 0 bridgehead atoms. The number of aliphatic hydroxyl groups excluding tert-OH is 1. The molecule has 1 atom stereocenters. The Kier molecular flexibility index (Phi) is 5.52. The van der Waals surface area contributed by atoms with Crippen LogP contribution in [0.25, 0.3) is 0 Å². The molecule has 0 amide bonds. The van der Waals surface area contributed by atoms with Crippen molar-refractivity contribution in [3.05, 3.63) is 0 Å². The van der Waals surface area contributed by atoms with Gasteiger partial charge >= 0.3 is 0 Å². The maximum atomic E-state index is 9.79. The first-order valence-corrected chi connectivity index (χ1v) is 3.39. The molecule has 0 heterocycles. The van der Waals surface area contributed by atoms with E-state index in [1.807, 2.05) is 0 Å². The topological polar surface area (TPSA) is 37.3 Å². The number of hydrogen-bond donors (Lipinski definition) is 1. The van der Waals surface area contributed by atoms with Gasteiger partial charge in [0.25, 0.3) is 0 Å². The van der Waals surface area contributed by atoms with E-state index in [9.17, 15) is 4.79 Å². The van der Waals surface area contributed by atoms with Crippen LogP contribution in [-0.4, -0.2) is 17.5 Å². The predicted octanol–water partition coefficient (Wildman–Crippen LogP) is 1.13. The second-order valence-corrected chi connectivity index (χ2v) is 2.30. The Hall–Kier alpha value is -0.370. The first-order chi connectivity index (χ1) is 4.27. The second-order valence-electron chi connectivity index (χ2n) is 2.30. The largest absolute Gasteiger partial charge is 0.393 e. The molecule has 0 aliphatic rings. The number of unbranched alkanes of at least 4 members (excludes halogenated alkanes) is 2. The molecule has 0 fully saturated rings. The van der Waals surface area contributed by atoms with Crippen LogP contribution in [0.4, 0.5) is 0 Å². The fraction of sp³-hybridized carbons (Fsp3) is 0.857. The fourth-order valence-corrected chi connectivity index (χ4v) is 0.667. The maximum Gasteiger partial charge on any atom is 0.119 e. The Morgan fingerprint density at radius 3 is 2.67 bits per heavy atom. The Balaban J connectivity index is 2.82. The minimum atomic E-state index is -0.211. The van der Waals surface area contributed by atoms with Gasteiger partial charge in [0.15, 0.2) is 0 Å². The van der Waals surface area contributed by atoms with Crippen LogP contribution in [0.1, 0.15) is 32.6 Å². The van der Waals surface area contributed by atoms with Crippen LogP contribution in [0.15, 0.2) is 0 Å². The Labute approximate surface area is 55.9 Å². The molecule has 0 aliphatic heterocycles. The number of carbonyl (C=O) groups excluding carboxylic acids is 1. The molecule has 54 valence electrons. The van der Waals surface area contributed by atoms with Gasteiger partial charge in [0.05, 0.1) is 6.10 Å². The summed E-state index contributed by atoms with van der Waals surface area (Å²) in [5, 5.41) is 8.76. The Bertz CT molecular complexity index is 69.3. The molecule has 2 heteroatoms. The molecule has 0 saturated heterocycles. The maximum absolute atomic E-state index is 9.79. The summed E-state index contributed by atoms with van der Waals surface area (Å²) in [7, 11) is 0. The van der Waals surface area contributed by atoms with Crippen molar-refractivity contribution in [1.29, 1.82) is 0 Å². The van der Waals surface area contributed by atoms with E-state index >= 15 is 0 Å². The van der Waals surface area contributed by atoms with Gasteiger partial charge in [0.2, 0.25) is 0 Å². The van der Waals surface area contributed by atoms with Crippen LogP contribution in [0.5, 0.6) is 0 Å². The lowest BCUT2D eigenvalue weighted by Crippen LogP contribution is -1.98. The smallest absolute Gasteiger partial charge is 0.119 e. The Morgan fingerprint density at radius 2 is 2.22 bits per heavy atom. The standard InChI is InChI=1S/C7H14O2/c1-7(9)5-3-2-4-6-8/h6-7,9H,2-5H2,1H3/t7-/m1/s1. The summed E-state index contributed by atoms with van der Waals surface area (Å²) < 4.78 is 0. The van der Waals surface area contributed by atoms with Gasteiger partial charge in [-0.3, -0.25) is 0 Å². The minimum Gasteiger partial charge on any atom is -0.393 e. The van der Waals surface area contributed by atoms with Crippen molar-refractivity contribution in [1.82, 2.24) is 0 Å². The zero-order valence-corrected chi connectivity index (χ0v) is 5.84. The molecule has 0 spiro atoms. The van der Waals surface area contributed by atoms with Crippen LogP contribution in [-0.2, 0) is 4.79 Å². The summed E-state index contributed by atoms with van der Waals surface area (Å²) in [4.78, 5) is 9.79. The average molecular weight is 130 g/mol. The van der Waals surface area contributed by atoms with E-state index in [1.165, 1.54) is 0 Å². The second kappa shape index (κ2) is 5.76. The number of aldehydes is 1. The summed E-state index contributed by atoms with van der Waals surface area (Å²) in [6.07, 6.45) is 4.02. The molecule has 0 aromatic heterocycles. The van der Waals surface area contributed by atoms with Crippen molar-refractivity contribution in [2.24, 2.45) is 0 Å². The minimum absolute atomic E-state index is 0.211. The van der Waals surface area contributed by atoms with Gasteiger partial charge in [-0.25, -0.2) is 0 Å². The van der Waals surface area contributed by atoms with Crippen LogP contribution < -0.4 is 0 Å². The van der Waals surface area contributed by atoms with E-state index in [2.05, 4.69) is 0 Å². The van der Waals surface area contributed by atoms with Gasteiger partial charge in [0, 0.05) is 6.42 Å². The third kappa shape index (κ3) is 7.63. The monoisotopic (exact) mass is 130 g/mol. The molecule has 0 aliphatic carbocycles. The van der Waals surface area contributed by atoms with Crippen LogP contribution in [0, 0.1) is 0 Å². The van der Waals surface area contributed by atoms with Crippen LogP contribution in [0.3, 0.4) is 0 Å². The molecule has 9 heavy (non-hydrogen) atoms. The first kappa shape index (κ1) is 8.63. The Morgan fingerprint density at radius 1 is 1.56 bits per heavy atom. The number of carbonyl (C=O) groups is 1. The van der Waals surface area contributed by atoms with E-state index < -0.39 is 0 Å². The summed E-state index contributed by atoms with van der Waals surface area (Å²) in [5.74, 6) is 0. The van der Waals surface area contributed by atoms with Gasteiger partial charge in [0.1, 0.15) is 6.29 Å². The normalized spacial score (nSPS) is 13.1. The van der Waals surface area contributed by atoms with E-state index in [-0.39, 0.29) is 6.10 Å². The highest BCUT2D eigenvalue weighted by Gasteiger charge is 1.93. The quantitative estimate of drug-likeness (QED) is 0.447. The lowest BCUT2D eigenvalue weighted by Gasteiger charge is -1.99. The van der Waals surface area contributed by atoms with Crippen molar-refractivity contribution < 1.29 is 9.90 Å². The van der Waals surface area contributed by atoms with Crippen molar-refractivity contribution >= 4 is 6.29 Å². The first-order valence-electron chi connectivity index (χ1n) is 3.39. The summed E-state index contributed by atoms with van der Waals surface area (Å²) in [6, 6.07) is 0. The van der Waals surface area contributed by atoms with E-state index in [4.69, 9.17) is 5.11 Å².